The Hall–Kier alpha value is -2.57. The largest absolute Gasteiger partial charge is 0.459 e. The highest BCUT2D eigenvalue weighted by Gasteiger charge is 2.09. The number of amides is 2. The van der Waals surface area contributed by atoms with Gasteiger partial charge in [-0.25, -0.2) is 4.98 Å². The van der Waals surface area contributed by atoms with Gasteiger partial charge in [0.25, 0.3) is 5.91 Å². The lowest BCUT2D eigenvalue weighted by Crippen LogP contribution is -2.37. The van der Waals surface area contributed by atoms with Gasteiger partial charge in [-0.3, -0.25) is 9.59 Å². The van der Waals surface area contributed by atoms with Crippen molar-refractivity contribution in [2.45, 2.75) is 12.8 Å². The molecule has 7 nitrogen and oxygen atoms in total. The zero-order valence-corrected chi connectivity index (χ0v) is 10.9. The van der Waals surface area contributed by atoms with Gasteiger partial charge in [0.15, 0.2) is 5.76 Å². The van der Waals surface area contributed by atoms with E-state index in [4.69, 9.17) is 4.42 Å². The molecule has 106 valence electrons. The van der Waals surface area contributed by atoms with E-state index in [1.165, 1.54) is 12.3 Å². The summed E-state index contributed by atoms with van der Waals surface area (Å²) in [5, 5.41) is 5.20. The van der Waals surface area contributed by atoms with Gasteiger partial charge in [-0.1, -0.05) is 0 Å². The van der Waals surface area contributed by atoms with Gasteiger partial charge in [0.2, 0.25) is 5.91 Å². The van der Waals surface area contributed by atoms with E-state index in [-0.39, 0.29) is 18.2 Å². The molecule has 0 bridgehead atoms. The van der Waals surface area contributed by atoms with Crippen LogP contribution in [0.4, 0.5) is 0 Å². The van der Waals surface area contributed by atoms with Crippen molar-refractivity contribution >= 4 is 11.8 Å². The average molecular weight is 276 g/mol. The van der Waals surface area contributed by atoms with E-state index in [1.807, 2.05) is 0 Å². The Balaban J connectivity index is 1.57. The first-order valence-electron chi connectivity index (χ1n) is 6.32. The van der Waals surface area contributed by atoms with Crippen molar-refractivity contribution in [3.8, 4) is 0 Å². The van der Waals surface area contributed by atoms with Crippen LogP contribution in [0.3, 0.4) is 0 Å². The Morgan fingerprint density at radius 2 is 2.25 bits per heavy atom. The summed E-state index contributed by atoms with van der Waals surface area (Å²) < 4.78 is 4.91. The summed E-state index contributed by atoms with van der Waals surface area (Å²) in [7, 11) is 0. The number of nitrogens with zero attached hydrogens (tertiary/aromatic N) is 1. The van der Waals surface area contributed by atoms with E-state index in [0.29, 0.717) is 6.54 Å². The number of rotatable bonds is 7. The van der Waals surface area contributed by atoms with Crippen molar-refractivity contribution in [3.05, 3.63) is 42.4 Å². The lowest BCUT2D eigenvalue weighted by atomic mass is 10.3. The van der Waals surface area contributed by atoms with E-state index in [2.05, 4.69) is 20.6 Å². The van der Waals surface area contributed by atoms with Gasteiger partial charge in [-0.2, -0.15) is 0 Å². The third-order valence-electron chi connectivity index (χ3n) is 2.62. The van der Waals surface area contributed by atoms with Crippen LogP contribution in [-0.2, 0) is 11.2 Å². The quantitative estimate of drug-likeness (QED) is 0.640. The minimum atomic E-state index is -0.402. The molecule has 2 heterocycles. The number of hydrogen-bond acceptors (Lipinski definition) is 4. The molecule has 0 atom stereocenters. The Morgan fingerprint density at radius 1 is 1.35 bits per heavy atom. The molecule has 0 saturated heterocycles. The Labute approximate surface area is 115 Å². The summed E-state index contributed by atoms with van der Waals surface area (Å²) in [6.07, 6.45) is 6.41. The SMILES string of the molecule is O=C(CNC(=O)c1ccco1)NCCCc1ncc[nH]1. The molecule has 3 N–H and O–H groups in total. The van der Waals surface area contributed by atoms with Crippen LogP contribution in [0.25, 0.3) is 0 Å². The van der Waals surface area contributed by atoms with Gasteiger partial charge in [0.1, 0.15) is 5.82 Å². The number of furan rings is 1. The molecule has 20 heavy (non-hydrogen) atoms. The fraction of sp³-hybridized carbons (Fsp3) is 0.308. The predicted octanol–water partition coefficient (Wildman–Crippen LogP) is 0.481. The number of carbonyl (C=O) groups is 2. The average Bonchev–Trinajstić information content (AvgIpc) is 3.13. The molecule has 0 saturated carbocycles. The number of carbonyl (C=O) groups excluding carboxylic acids is 2. The van der Waals surface area contributed by atoms with Crippen LogP contribution in [0, 0.1) is 0 Å². The van der Waals surface area contributed by atoms with Crippen molar-refractivity contribution in [1.29, 1.82) is 0 Å². The summed E-state index contributed by atoms with van der Waals surface area (Å²) in [6.45, 7) is 0.469. The number of nitrogens with one attached hydrogen (secondary N) is 3. The molecule has 0 unspecified atom stereocenters. The standard InChI is InChI=1S/C13H16N4O3/c18-12(9-17-13(19)10-3-2-8-20-10)16-5-1-4-11-14-6-7-15-11/h2-3,6-8H,1,4-5,9H2,(H,14,15)(H,16,18)(H,17,19). The van der Waals surface area contributed by atoms with E-state index >= 15 is 0 Å². The summed E-state index contributed by atoms with van der Waals surface area (Å²) in [6, 6.07) is 3.15. The van der Waals surface area contributed by atoms with Gasteiger partial charge < -0.3 is 20.0 Å². The third kappa shape index (κ3) is 4.27. The van der Waals surface area contributed by atoms with Gasteiger partial charge >= 0.3 is 0 Å². The zero-order valence-electron chi connectivity index (χ0n) is 10.9. The van der Waals surface area contributed by atoms with Crippen LogP contribution >= 0.6 is 0 Å². The molecule has 0 aliphatic carbocycles. The van der Waals surface area contributed by atoms with Crippen molar-refractivity contribution in [1.82, 2.24) is 20.6 Å². The summed E-state index contributed by atoms with van der Waals surface area (Å²) >= 11 is 0. The molecule has 2 rings (SSSR count). The van der Waals surface area contributed by atoms with Crippen LogP contribution in [0.1, 0.15) is 22.8 Å². The Kier molecular flexibility index (Phi) is 4.94. The van der Waals surface area contributed by atoms with Crippen molar-refractivity contribution < 1.29 is 14.0 Å². The van der Waals surface area contributed by atoms with Crippen molar-refractivity contribution in [3.63, 3.8) is 0 Å². The molecule has 0 spiro atoms. The molecule has 2 amide bonds. The molecule has 2 aromatic heterocycles. The number of imidazole rings is 1. The molecular weight excluding hydrogens is 260 g/mol. The zero-order chi connectivity index (χ0) is 14.2. The smallest absolute Gasteiger partial charge is 0.287 e. The summed E-state index contributed by atoms with van der Waals surface area (Å²) in [5.41, 5.74) is 0. The summed E-state index contributed by atoms with van der Waals surface area (Å²) in [5.74, 6) is 0.450. The second-order valence-corrected chi connectivity index (χ2v) is 4.15. The van der Waals surface area contributed by atoms with Crippen molar-refractivity contribution in [2.75, 3.05) is 13.1 Å². The predicted molar refractivity (Wildman–Crippen MR) is 71.0 cm³/mol. The number of aryl methyl sites for hydroxylation is 1. The molecule has 7 heteroatoms. The highest BCUT2D eigenvalue weighted by molar-refractivity contribution is 5.94. The molecule has 2 aromatic rings. The maximum atomic E-state index is 11.5. The highest BCUT2D eigenvalue weighted by Crippen LogP contribution is 1.98. The highest BCUT2D eigenvalue weighted by atomic mass is 16.3. The van der Waals surface area contributed by atoms with Gasteiger partial charge in [-0.05, 0) is 18.6 Å². The van der Waals surface area contributed by atoms with Crippen molar-refractivity contribution in [2.24, 2.45) is 0 Å². The number of H-pyrrole nitrogens is 1. The minimum Gasteiger partial charge on any atom is -0.459 e. The topological polar surface area (TPSA) is 100 Å². The minimum absolute atomic E-state index is 0.0692. The fourth-order valence-corrected chi connectivity index (χ4v) is 1.64. The third-order valence-corrected chi connectivity index (χ3v) is 2.62. The molecule has 0 aliphatic heterocycles. The number of aromatic amines is 1. The van der Waals surface area contributed by atoms with E-state index in [0.717, 1.165) is 18.7 Å². The molecule has 0 aliphatic rings. The monoisotopic (exact) mass is 276 g/mol. The first-order valence-corrected chi connectivity index (χ1v) is 6.32. The Bertz CT molecular complexity index is 534. The Morgan fingerprint density at radius 3 is 2.95 bits per heavy atom. The van der Waals surface area contributed by atoms with Crippen LogP contribution in [-0.4, -0.2) is 34.9 Å². The van der Waals surface area contributed by atoms with E-state index in [9.17, 15) is 9.59 Å². The van der Waals surface area contributed by atoms with Gasteiger partial charge in [-0.15, -0.1) is 0 Å². The maximum absolute atomic E-state index is 11.5. The van der Waals surface area contributed by atoms with E-state index in [1.54, 1.807) is 18.5 Å². The molecule has 0 aromatic carbocycles. The van der Waals surface area contributed by atoms with Crippen LogP contribution in [0.5, 0.6) is 0 Å². The van der Waals surface area contributed by atoms with E-state index < -0.39 is 5.91 Å². The van der Waals surface area contributed by atoms with Gasteiger partial charge in [0, 0.05) is 25.4 Å². The maximum Gasteiger partial charge on any atom is 0.287 e. The summed E-state index contributed by atoms with van der Waals surface area (Å²) in [4.78, 5) is 30.1. The first kappa shape index (κ1) is 13.9. The lowest BCUT2D eigenvalue weighted by Gasteiger charge is -2.05. The molecular formula is C13H16N4O3. The van der Waals surface area contributed by atoms with Crippen LogP contribution in [0.2, 0.25) is 0 Å². The molecule has 0 fully saturated rings. The second kappa shape index (κ2) is 7.13. The fourth-order valence-electron chi connectivity index (χ4n) is 1.64. The van der Waals surface area contributed by atoms with Crippen LogP contribution < -0.4 is 10.6 Å². The first-order chi connectivity index (χ1) is 9.75. The lowest BCUT2D eigenvalue weighted by molar-refractivity contribution is -0.120. The number of hydrogen-bond donors (Lipinski definition) is 3. The molecule has 0 radical (unpaired) electrons. The number of aromatic nitrogens is 2. The normalized spacial score (nSPS) is 10.2. The second-order valence-electron chi connectivity index (χ2n) is 4.15. The van der Waals surface area contributed by atoms with Crippen LogP contribution in [0.15, 0.2) is 35.2 Å². The van der Waals surface area contributed by atoms with Gasteiger partial charge in [0.05, 0.1) is 12.8 Å².